The lowest BCUT2D eigenvalue weighted by Gasteiger charge is -2.11. The summed E-state index contributed by atoms with van der Waals surface area (Å²) >= 11 is 0. The van der Waals surface area contributed by atoms with Crippen LogP contribution >= 0.6 is 0 Å². The van der Waals surface area contributed by atoms with E-state index in [0.29, 0.717) is 13.1 Å². The SMILES string of the molecule is CCNC(=NCCc1nnc2n1CCCCC2)NCCc1cccc(F)c1. The minimum absolute atomic E-state index is 0.194. The van der Waals surface area contributed by atoms with Crippen molar-refractivity contribution >= 4 is 5.96 Å². The van der Waals surface area contributed by atoms with E-state index in [1.165, 1.54) is 25.3 Å². The second-order valence-corrected chi connectivity index (χ2v) is 6.81. The zero-order valence-corrected chi connectivity index (χ0v) is 16.0. The Morgan fingerprint density at radius 3 is 2.96 bits per heavy atom. The Morgan fingerprint density at radius 2 is 2.11 bits per heavy atom. The van der Waals surface area contributed by atoms with Gasteiger partial charge < -0.3 is 15.2 Å². The Bertz CT molecular complexity index is 755. The highest BCUT2D eigenvalue weighted by Crippen LogP contribution is 2.14. The van der Waals surface area contributed by atoms with Gasteiger partial charge in [0.25, 0.3) is 0 Å². The summed E-state index contributed by atoms with van der Waals surface area (Å²) in [5.74, 6) is 2.74. The lowest BCUT2D eigenvalue weighted by molar-refractivity contribution is 0.604. The number of halogens is 1. The highest BCUT2D eigenvalue weighted by Gasteiger charge is 2.14. The highest BCUT2D eigenvalue weighted by atomic mass is 19.1. The van der Waals surface area contributed by atoms with Gasteiger partial charge in [0.1, 0.15) is 17.5 Å². The molecule has 0 unspecified atom stereocenters. The van der Waals surface area contributed by atoms with Crippen LogP contribution in [0.3, 0.4) is 0 Å². The number of guanidine groups is 1. The first-order chi connectivity index (χ1) is 13.3. The predicted molar refractivity (Wildman–Crippen MR) is 105 cm³/mol. The lowest BCUT2D eigenvalue weighted by Crippen LogP contribution is -2.38. The Balaban J connectivity index is 1.51. The van der Waals surface area contributed by atoms with E-state index in [1.807, 2.05) is 13.0 Å². The number of fused-ring (bicyclic) bond motifs is 1. The molecule has 0 saturated heterocycles. The van der Waals surface area contributed by atoms with E-state index in [9.17, 15) is 4.39 Å². The predicted octanol–water partition coefficient (Wildman–Crippen LogP) is 2.48. The molecule has 0 bridgehead atoms. The number of nitrogens with zero attached hydrogens (tertiary/aromatic N) is 4. The first kappa shape index (κ1) is 19.3. The van der Waals surface area contributed by atoms with E-state index in [0.717, 1.165) is 55.5 Å². The molecule has 2 aromatic rings. The maximum absolute atomic E-state index is 13.3. The lowest BCUT2D eigenvalue weighted by atomic mass is 10.1. The fourth-order valence-electron chi connectivity index (χ4n) is 3.36. The monoisotopic (exact) mass is 372 g/mol. The molecule has 146 valence electrons. The third-order valence-corrected chi connectivity index (χ3v) is 4.73. The van der Waals surface area contributed by atoms with E-state index in [2.05, 4.69) is 30.4 Å². The summed E-state index contributed by atoms with van der Waals surface area (Å²) in [5, 5.41) is 15.3. The van der Waals surface area contributed by atoms with Crippen molar-refractivity contribution in [1.82, 2.24) is 25.4 Å². The van der Waals surface area contributed by atoms with Gasteiger partial charge in [0.2, 0.25) is 0 Å². The van der Waals surface area contributed by atoms with Gasteiger partial charge in [-0.2, -0.15) is 0 Å². The van der Waals surface area contributed by atoms with Crippen LogP contribution in [-0.4, -0.2) is 40.4 Å². The third kappa shape index (κ3) is 5.77. The quantitative estimate of drug-likeness (QED) is 0.579. The molecule has 0 amide bonds. The molecule has 0 aliphatic carbocycles. The van der Waals surface area contributed by atoms with Crippen LogP contribution in [0.1, 0.15) is 43.4 Å². The van der Waals surface area contributed by atoms with Crippen molar-refractivity contribution in [1.29, 1.82) is 0 Å². The Hall–Kier alpha value is -2.44. The van der Waals surface area contributed by atoms with E-state index in [1.54, 1.807) is 12.1 Å². The summed E-state index contributed by atoms with van der Waals surface area (Å²) in [6, 6.07) is 6.72. The van der Waals surface area contributed by atoms with E-state index < -0.39 is 0 Å². The smallest absolute Gasteiger partial charge is 0.191 e. The number of hydrogen-bond donors (Lipinski definition) is 2. The molecule has 0 fully saturated rings. The summed E-state index contributed by atoms with van der Waals surface area (Å²) in [6.45, 7) is 5.23. The van der Waals surface area contributed by atoms with Gasteiger partial charge in [-0.25, -0.2) is 4.39 Å². The fourth-order valence-corrected chi connectivity index (χ4v) is 3.36. The standard InChI is InChI=1S/C20H29FN6/c1-2-22-20(23-12-10-16-7-6-8-17(21)15-16)24-13-11-19-26-25-18-9-4-3-5-14-27(18)19/h6-8,15H,2-5,9-14H2,1H3,(H2,22,23,24). The molecule has 2 heterocycles. The molecular weight excluding hydrogens is 343 g/mol. The first-order valence-electron chi connectivity index (χ1n) is 9.94. The van der Waals surface area contributed by atoms with Crippen molar-refractivity contribution in [3.8, 4) is 0 Å². The molecule has 1 aromatic heterocycles. The van der Waals surface area contributed by atoms with Crippen molar-refractivity contribution in [3.63, 3.8) is 0 Å². The average Bonchev–Trinajstić information content (AvgIpc) is 2.88. The van der Waals surface area contributed by atoms with Gasteiger partial charge in [0.15, 0.2) is 5.96 Å². The number of aliphatic imine (C=N–C) groups is 1. The maximum atomic E-state index is 13.3. The Kier molecular flexibility index (Phi) is 7.19. The first-order valence-corrected chi connectivity index (χ1v) is 9.94. The largest absolute Gasteiger partial charge is 0.357 e. The van der Waals surface area contributed by atoms with Gasteiger partial charge >= 0.3 is 0 Å². The summed E-state index contributed by atoms with van der Waals surface area (Å²) in [7, 11) is 0. The van der Waals surface area contributed by atoms with Crippen molar-refractivity contribution in [2.45, 2.75) is 52.0 Å². The van der Waals surface area contributed by atoms with Crippen molar-refractivity contribution in [2.75, 3.05) is 19.6 Å². The number of nitrogens with one attached hydrogen (secondary N) is 2. The maximum Gasteiger partial charge on any atom is 0.191 e. The van der Waals surface area contributed by atoms with Crippen LogP contribution in [0.15, 0.2) is 29.3 Å². The third-order valence-electron chi connectivity index (χ3n) is 4.73. The van der Waals surface area contributed by atoms with Crippen LogP contribution in [0.25, 0.3) is 0 Å². The second-order valence-electron chi connectivity index (χ2n) is 6.81. The summed E-state index contributed by atoms with van der Waals surface area (Å²) in [6.07, 6.45) is 6.23. The number of aryl methyl sites for hydroxylation is 1. The Morgan fingerprint density at radius 1 is 1.19 bits per heavy atom. The zero-order valence-electron chi connectivity index (χ0n) is 16.0. The van der Waals surface area contributed by atoms with Crippen LogP contribution in [0.4, 0.5) is 4.39 Å². The topological polar surface area (TPSA) is 67.1 Å². The van der Waals surface area contributed by atoms with Crippen LogP contribution in [-0.2, 0) is 25.8 Å². The molecule has 0 saturated carbocycles. The molecule has 1 aliphatic heterocycles. The summed E-state index contributed by atoms with van der Waals surface area (Å²) < 4.78 is 15.5. The number of rotatable bonds is 7. The molecule has 1 aliphatic rings. The molecule has 2 N–H and O–H groups in total. The number of aromatic nitrogens is 3. The van der Waals surface area contributed by atoms with Crippen molar-refractivity contribution in [2.24, 2.45) is 4.99 Å². The van der Waals surface area contributed by atoms with Crippen molar-refractivity contribution < 1.29 is 4.39 Å². The van der Waals surface area contributed by atoms with Gasteiger partial charge in [-0.1, -0.05) is 18.6 Å². The van der Waals surface area contributed by atoms with E-state index in [4.69, 9.17) is 0 Å². The van der Waals surface area contributed by atoms with Gasteiger partial charge in [0.05, 0.1) is 0 Å². The normalized spacial score (nSPS) is 14.5. The molecule has 1 aromatic carbocycles. The minimum atomic E-state index is -0.194. The molecule has 6 nitrogen and oxygen atoms in total. The molecule has 0 atom stereocenters. The Labute approximate surface area is 160 Å². The van der Waals surface area contributed by atoms with Gasteiger partial charge in [-0.15, -0.1) is 10.2 Å². The van der Waals surface area contributed by atoms with Crippen LogP contribution in [0.5, 0.6) is 0 Å². The highest BCUT2D eigenvalue weighted by molar-refractivity contribution is 5.79. The fraction of sp³-hybridized carbons (Fsp3) is 0.550. The number of benzene rings is 1. The zero-order chi connectivity index (χ0) is 18.9. The van der Waals surface area contributed by atoms with Gasteiger partial charge in [-0.05, 0) is 43.9 Å². The van der Waals surface area contributed by atoms with Crippen LogP contribution in [0, 0.1) is 5.82 Å². The molecular formula is C20H29FN6. The van der Waals surface area contributed by atoms with Gasteiger partial charge in [0, 0.05) is 39.0 Å². The summed E-state index contributed by atoms with van der Waals surface area (Å²) in [4.78, 5) is 4.65. The van der Waals surface area contributed by atoms with Crippen LogP contribution in [0.2, 0.25) is 0 Å². The minimum Gasteiger partial charge on any atom is -0.357 e. The van der Waals surface area contributed by atoms with E-state index in [-0.39, 0.29) is 5.82 Å². The summed E-state index contributed by atoms with van der Waals surface area (Å²) in [5.41, 5.74) is 0.976. The second kappa shape index (κ2) is 10.0. The molecule has 27 heavy (non-hydrogen) atoms. The molecule has 0 spiro atoms. The average molecular weight is 372 g/mol. The number of hydrogen-bond acceptors (Lipinski definition) is 3. The molecule has 7 heteroatoms. The van der Waals surface area contributed by atoms with Gasteiger partial charge in [-0.3, -0.25) is 4.99 Å². The van der Waals surface area contributed by atoms with E-state index >= 15 is 0 Å². The van der Waals surface area contributed by atoms with Crippen LogP contribution < -0.4 is 10.6 Å². The molecule has 0 radical (unpaired) electrons. The van der Waals surface area contributed by atoms with Crippen molar-refractivity contribution in [3.05, 3.63) is 47.3 Å². The molecule has 3 rings (SSSR count).